The topological polar surface area (TPSA) is 69.6 Å². The van der Waals surface area contributed by atoms with Crippen LogP contribution in [0.5, 0.6) is 17.2 Å². The molecule has 0 bridgehead atoms. The average Bonchev–Trinajstić information content (AvgIpc) is 2.76. The standard InChI is InChI=1S/C21H27ClN4O3.HI/c1-23-21(24-14-15-12-18(28-2)20(27)19(13-15)29-3)26-10-8-25(9-11-26)17-7-5-4-6-16(17)22;/h4-7,12-13,27H,8-11,14H2,1-3H3,(H,23,24);1H. The monoisotopic (exact) mass is 546 g/mol. The maximum absolute atomic E-state index is 10.1. The van der Waals surface area contributed by atoms with E-state index in [2.05, 4.69) is 26.2 Å². The molecule has 9 heteroatoms. The number of phenols is 1. The number of benzene rings is 2. The third kappa shape index (κ3) is 5.54. The zero-order chi connectivity index (χ0) is 20.8. The van der Waals surface area contributed by atoms with Crippen molar-refractivity contribution in [1.29, 1.82) is 0 Å². The second kappa shape index (κ2) is 11.4. The van der Waals surface area contributed by atoms with Crippen LogP contribution in [0.4, 0.5) is 5.69 Å². The summed E-state index contributed by atoms with van der Waals surface area (Å²) in [7, 11) is 4.81. The third-order valence-corrected chi connectivity index (χ3v) is 5.29. The first kappa shape index (κ1) is 24.2. The van der Waals surface area contributed by atoms with Crippen LogP contribution in [-0.4, -0.2) is 63.4 Å². The van der Waals surface area contributed by atoms with Gasteiger partial charge in [0.1, 0.15) is 0 Å². The Balaban J connectivity index is 0.00000320. The molecule has 0 saturated carbocycles. The lowest BCUT2D eigenvalue weighted by Crippen LogP contribution is -2.52. The van der Waals surface area contributed by atoms with Crippen LogP contribution in [0.3, 0.4) is 0 Å². The van der Waals surface area contributed by atoms with E-state index in [9.17, 15) is 5.11 Å². The lowest BCUT2D eigenvalue weighted by atomic mass is 10.2. The Morgan fingerprint density at radius 2 is 1.70 bits per heavy atom. The number of aliphatic imine (C=N–C) groups is 1. The second-order valence-corrected chi connectivity index (χ2v) is 7.08. The Morgan fingerprint density at radius 1 is 1.10 bits per heavy atom. The summed E-state index contributed by atoms with van der Waals surface area (Å²) in [5, 5.41) is 14.2. The molecule has 1 aliphatic rings. The van der Waals surface area contributed by atoms with E-state index in [1.165, 1.54) is 14.2 Å². The summed E-state index contributed by atoms with van der Waals surface area (Å²) in [6, 6.07) is 11.5. The van der Waals surface area contributed by atoms with Crippen LogP contribution in [0.25, 0.3) is 0 Å². The summed E-state index contributed by atoms with van der Waals surface area (Å²) >= 11 is 6.33. The van der Waals surface area contributed by atoms with Crippen LogP contribution in [-0.2, 0) is 6.54 Å². The predicted molar refractivity (Wildman–Crippen MR) is 132 cm³/mol. The summed E-state index contributed by atoms with van der Waals surface area (Å²) in [6.07, 6.45) is 0. The van der Waals surface area contributed by atoms with E-state index in [4.69, 9.17) is 21.1 Å². The molecule has 0 spiro atoms. The highest BCUT2D eigenvalue weighted by molar-refractivity contribution is 14.0. The number of nitrogens with zero attached hydrogens (tertiary/aromatic N) is 3. The van der Waals surface area contributed by atoms with Gasteiger partial charge in [0.25, 0.3) is 0 Å². The van der Waals surface area contributed by atoms with Crippen molar-refractivity contribution < 1.29 is 14.6 Å². The van der Waals surface area contributed by atoms with Crippen molar-refractivity contribution in [2.75, 3.05) is 52.3 Å². The van der Waals surface area contributed by atoms with E-state index in [0.717, 1.165) is 48.4 Å². The fourth-order valence-electron chi connectivity index (χ4n) is 3.43. The number of para-hydroxylation sites is 1. The number of hydrogen-bond donors (Lipinski definition) is 2. The Bertz CT molecular complexity index is 848. The first-order chi connectivity index (χ1) is 14.1. The normalized spacial score (nSPS) is 14.2. The van der Waals surface area contributed by atoms with Gasteiger partial charge in [0.15, 0.2) is 17.5 Å². The molecule has 1 fully saturated rings. The van der Waals surface area contributed by atoms with E-state index in [0.29, 0.717) is 18.0 Å². The van der Waals surface area contributed by atoms with Gasteiger partial charge in [-0.05, 0) is 29.8 Å². The highest BCUT2D eigenvalue weighted by Crippen LogP contribution is 2.37. The molecule has 0 aliphatic carbocycles. The lowest BCUT2D eigenvalue weighted by molar-refractivity contribution is 0.339. The largest absolute Gasteiger partial charge is 0.502 e. The van der Waals surface area contributed by atoms with Gasteiger partial charge in [0, 0.05) is 39.8 Å². The highest BCUT2D eigenvalue weighted by atomic mass is 127. The van der Waals surface area contributed by atoms with Crippen molar-refractivity contribution >= 4 is 47.2 Å². The molecule has 7 nitrogen and oxygen atoms in total. The molecule has 3 rings (SSSR count). The molecule has 0 radical (unpaired) electrons. The summed E-state index contributed by atoms with van der Waals surface area (Å²) in [5.74, 6) is 1.59. The van der Waals surface area contributed by atoms with Gasteiger partial charge in [0.2, 0.25) is 5.75 Å². The predicted octanol–water partition coefficient (Wildman–Crippen LogP) is 3.58. The number of piperazine rings is 1. The van der Waals surface area contributed by atoms with Crippen LogP contribution >= 0.6 is 35.6 Å². The fraction of sp³-hybridized carbons (Fsp3) is 0.381. The molecular weight excluding hydrogens is 519 g/mol. The molecule has 1 heterocycles. The van der Waals surface area contributed by atoms with Crippen molar-refractivity contribution in [3.63, 3.8) is 0 Å². The van der Waals surface area contributed by atoms with Gasteiger partial charge in [-0.25, -0.2) is 0 Å². The van der Waals surface area contributed by atoms with E-state index in [1.807, 2.05) is 18.2 Å². The number of phenolic OH excluding ortho intramolecular Hbond substituents is 1. The van der Waals surface area contributed by atoms with Gasteiger partial charge in [-0.2, -0.15) is 0 Å². The average molecular weight is 547 g/mol. The zero-order valence-electron chi connectivity index (χ0n) is 17.4. The highest BCUT2D eigenvalue weighted by Gasteiger charge is 2.21. The van der Waals surface area contributed by atoms with Gasteiger partial charge in [-0.3, -0.25) is 4.99 Å². The maximum atomic E-state index is 10.1. The van der Waals surface area contributed by atoms with E-state index >= 15 is 0 Å². The zero-order valence-corrected chi connectivity index (χ0v) is 20.5. The molecule has 0 atom stereocenters. The molecule has 1 aliphatic heterocycles. The lowest BCUT2D eigenvalue weighted by Gasteiger charge is -2.38. The number of ether oxygens (including phenoxy) is 2. The van der Waals surface area contributed by atoms with Crippen molar-refractivity contribution in [2.24, 2.45) is 4.99 Å². The fourth-order valence-corrected chi connectivity index (χ4v) is 3.69. The molecular formula is C21H28ClIN4O3. The second-order valence-electron chi connectivity index (χ2n) is 6.68. The quantitative estimate of drug-likeness (QED) is 0.340. The van der Waals surface area contributed by atoms with Crippen molar-refractivity contribution in [3.05, 3.63) is 47.0 Å². The molecule has 0 unspecified atom stereocenters. The van der Waals surface area contributed by atoms with Crippen LogP contribution in [0, 0.1) is 0 Å². The summed E-state index contributed by atoms with van der Waals surface area (Å²) < 4.78 is 10.5. The van der Waals surface area contributed by atoms with Crippen molar-refractivity contribution in [3.8, 4) is 17.2 Å². The molecule has 164 valence electrons. The summed E-state index contributed by atoms with van der Waals surface area (Å²) in [6.45, 7) is 3.95. The van der Waals surface area contributed by atoms with Gasteiger partial charge in [-0.15, -0.1) is 24.0 Å². The molecule has 0 amide bonds. The van der Waals surface area contributed by atoms with Crippen LogP contribution in [0.15, 0.2) is 41.4 Å². The number of aromatic hydroxyl groups is 1. The molecule has 0 aromatic heterocycles. The number of nitrogens with one attached hydrogen (secondary N) is 1. The Labute approximate surface area is 199 Å². The Hall–Kier alpha value is -2.07. The first-order valence-corrected chi connectivity index (χ1v) is 9.84. The Kier molecular flexibility index (Phi) is 9.16. The smallest absolute Gasteiger partial charge is 0.200 e. The Morgan fingerprint density at radius 3 is 2.23 bits per heavy atom. The first-order valence-electron chi connectivity index (χ1n) is 9.46. The molecule has 2 N–H and O–H groups in total. The van der Waals surface area contributed by atoms with Gasteiger partial charge >= 0.3 is 0 Å². The number of methoxy groups -OCH3 is 2. The SMILES string of the molecule is CN=C(NCc1cc(OC)c(O)c(OC)c1)N1CCN(c2ccccc2Cl)CC1.I. The number of hydrogen-bond acceptors (Lipinski definition) is 5. The summed E-state index contributed by atoms with van der Waals surface area (Å²) in [5.41, 5.74) is 1.99. The summed E-state index contributed by atoms with van der Waals surface area (Å²) in [4.78, 5) is 8.94. The minimum absolute atomic E-state index is 0. The number of halogens is 2. The maximum Gasteiger partial charge on any atom is 0.200 e. The van der Waals surface area contributed by atoms with Gasteiger partial charge in [-0.1, -0.05) is 23.7 Å². The molecule has 2 aromatic carbocycles. The van der Waals surface area contributed by atoms with Crippen LogP contribution < -0.4 is 19.7 Å². The van der Waals surface area contributed by atoms with Crippen LogP contribution in [0.1, 0.15) is 5.56 Å². The van der Waals surface area contributed by atoms with E-state index < -0.39 is 0 Å². The van der Waals surface area contributed by atoms with Crippen molar-refractivity contribution in [1.82, 2.24) is 10.2 Å². The van der Waals surface area contributed by atoms with Crippen molar-refractivity contribution in [2.45, 2.75) is 6.54 Å². The number of rotatable bonds is 5. The van der Waals surface area contributed by atoms with Gasteiger partial charge in [0.05, 0.1) is 24.9 Å². The molecule has 30 heavy (non-hydrogen) atoms. The minimum atomic E-state index is -0.00109. The number of guanidine groups is 1. The van der Waals surface area contributed by atoms with E-state index in [-0.39, 0.29) is 29.7 Å². The molecule has 1 saturated heterocycles. The number of anilines is 1. The van der Waals surface area contributed by atoms with E-state index in [1.54, 1.807) is 19.2 Å². The van der Waals surface area contributed by atoms with Gasteiger partial charge < -0.3 is 29.7 Å². The molecule has 2 aromatic rings. The minimum Gasteiger partial charge on any atom is -0.502 e. The third-order valence-electron chi connectivity index (χ3n) is 4.97. The van der Waals surface area contributed by atoms with Crippen LogP contribution in [0.2, 0.25) is 5.02 Å².